The predicted octanol–water partition coefficient (Wildman–Crippen LogP) is 7.29. The number of hydrogen-bond donors (Lipinski definition) is 1. The Hall–Kier alpha value is -3.00. The lowest BCUT2D eigenvalue weighted by Crippen LogP contribution is -2.36. The first-order valence-electron chi connectivity index (χ1n) is 11.8. The van der Waals surface area contributed by atoms with Crippen molar-refractivity contribution >= 4 is 46.1 Å². The maximum absolute atomic E-state index is 12.2. The van der Waals surface area contributed by atoms with Gasteiger partial charge >= 0.3 is 5.97 Å². The molecule has 1 N–H and O–H groups in total. The van der Waals surface area contributed by atoms with Crippen LogP contribution in [0.4, 0.5) is 0 Å². The molecule has 37 heavy (non-hydrogen) atoms. The van der Waals surface area contributed by atoms with Crippen LogP contribution in [0.15, 0.2) is 82.5 Å². The monoisotopic (exact) mass is 553 g/mol. The molecule has 0 spiro atoms. The summed E-state index contributed by atoms with van der Waals surface area (Å²) < 4.78 is 6.35. The highest BCUT2D eigenvalue weighted by Gasteiger charge is 2.54. The number of nitrogens with zero attached hydrogens (tertiary/aromatic N) is 3. The fourth-order valence-electron chi connectivity index (χ4n) is 4.87. The zero-order valence-corrected chi connectivity index (χ0v) is 22.8. The van der Waals surface area contributed by atoms with E-state index < -0.39 is 17.6 Å². The minimum atomic E-state index is -0.962. The van der Waals surface area contributed by atoms with Crippen molar-refractivity contribution in [3.05, 3.63) is 104 Å². The zero-order chi connectivity index (χ0) is 26.3. The van der Waals surface area contributed by atoms with Gasteiger partial charge in [-0.3, -0.25) is 0 Å². The number of fused-ring (bicyclic) bond motifs is 1. The topological polar surface area (TPSA) is 75.0 Å². The van der Waals surface area contributed by atoms with Crippen LogP contribution in [-0.2, 0) is 16.9 Å². The van der Waals surface area contributed by atoms with E-state index in [9.17, 15) is 9.90 Å². The van der Waals surface area contributed by atoms with Crippen molar-refractivity contribution in [3.8, 4) is 5.75 Å². The summed E-state index contributed by atoms with van der Waals surface area (Å²) in [5.74, 6) is -0.403. The number of thioether (sulfide) groups is 1. The minimum Gasteiger partial charge on any atom is -0.488 e. The molecule has 2 aromatic carbocycles. The van der Waals surface area contributed by atoms with E-state index in [1.807, 2.05) is 74.2 Å². The average molecular weight is 554 g/mol. The summed E-state index contributed by atoms with van der Waals surface area (Å²) in [6.07, 6.45) is 1.73. The largest absolute Gasteiger partial charge is 0.488 e. The van der Waals surface area contributed by atoms with Gasteiger partial charge in [0.1, 0.15) is 28.0 Å². The average Bonchev–Trinajstić information content (AvgIpc) is 3.37. The fraction of sp³-hybridized carbons (Fsp3) is 0.250. The van der Waals surface area contributed by atoms with Gasteiger partial charge in [-0.15, -0.1) is 0 Å². The Bertz CT molecular complexity index is 1410. The molecule has 3 heterocycles. The van der Waals surface area contributed by atoms with Gasteiger partial charge in [0.2, 0.25) is 0 Å². The van der Waals surface area contributed by atoms with Crippen molar-refractivity contribution in [1.29, 1.82) is 0 Å². The number of allylic oxidation sites excluding steroid dienone is 1. The van der Waals surface area contributed by atoms with Gasteiger partial charge in [0.05, 0.1) is 6.04 Å². The summed E-state index contributed by atoms with van der Waals surface area (Å²) in [5, 5.41) is 11.6. The Morgan fingerprint density at radius 1 is 1.16 bits per heavy atom. The van der Waals surface area contributed by atoms with Crippen LogP contribution in [-0.4, -0.2) is 26.1 Å². The molecule has 0 radical (unpaired) electrons. The van der Waals surface area contributed by atoms with E-state index in [2.05, 4.69) is 4.98 Å². The zero-order valence-electron chi connectivity index (χ0n) is 20.5. The number of rotatable bonds is 7. The van der Waals surface area contributed by atoms with Crippen molar-refractivity contribution < 1.29 is 14.6 Å². The molecule has 1 aromatic heterocycles. The number of ether oxygens (including phenoxy) is 1. The van der Waals surface area contributed by atoms with E-state index in [-0.39, 0.29) is 10.8 Å². The fourth-order valence-corrected chi connectivity index (χ4v) is 6.39. The van der Waals surface area contributed by atoms with E-state index in [1.165, 1.54) is 11.8 Å². The van der Waals surface area contributed by atoms with Gasteiger partial charge in [0.25, 0.3) is 0 Å². The Kier molecular flexibility index (Phi) is 6.96. The van der Waals surface area contributed by atoms with Crippen LogP contribution in [0.3, 0.4) is 0 Å². The van der Waals surface area contributed by atoms with E-state index in [0.29, 0.717) is 27.7 Å². The number of carboxylic acid groups (broad SMARTS) is 1. The molecule has 0 aliphatic carbocycles. The normalized spacial score (nSPS) is 20.9. The van der Waals surface area contributed by atoms with Crippen LogP contribution in [0, 0.1) is 5.92 Å². The second-order valence-electron chi connectivity index (χ2n) is 9.42. The van der Waals surface area contributed by atoms with Crippen molar-refractivity contribution in [3.63, 3.8) is 0 Å². The van der Waals surface area contributed by atoms with Crippen LogP contribution in [0.1, 0.15) is 43.5 Å². The number of amidine groups is 1. The number of aromatic nitrogens is 1. The molecule has 5 rings (SSSR count). The Morgan fingerprint density at radius 3 is 2.57 bits per heavy atom. The van der Waals surface area contributed by atoms with Gasteiger partial charge in [-0.1, -0.05) is 79.5 Å². The third kappa shape index (κ3) is 4.72. The maximum Gasteiger partial charge on any atom is 0.344 e. The SMILES string of the molecule is CC(C)C1=C(C(=O)O)SC2=N[C@@](C)(c3ccc(Cl)nc3)[C@@H](c3ccc(Cl)cc3OCc3ccccc3)N21. The van der Waals surface area contributed by atoms with E-state index in [4.69, 9.17) is 32.9 Å². The van der Waals surface area contributed by atoms with E-state index in [0.717, 1.165) is 22.4 Å². The first-order chi connectivity index (χ1) is 17.7. The molecular formula is C28H25Cl2N3O3S. The lowest BCUT2D eigenvalue weighted by molar-refractivity contribution is -0.131. The standard InChI is InChI=1S/C28H25Cl2N3O3S/c1-16(2)23-24(26(34)35)37-27-32-28(3,18-9-12-22(30)31-14-18)25(33(23)27)20-11-10-19(29)13-21(20)36-15-17-7-5-4-6-8-17/h4-14,16,25H,15H2,1-3H3,(H,34,35)/t25-,28+/m1/s1. The molecule has 9 heteroatoms. The maximum atomic E-state index is 12.2. The third-order valence-corrected chi connectivity index (χ3v) is 8.09. The molecule has 0 amide bonds. The molecule has 0 fully saturated rings. The highest BCUT2D eigenvalue weighted by molar-refractivity contribution is 8.18. The molecule has 2 aliphatic rings. The predicted molar refractivity (Wildman–Crippen MR) is 148 cm³/mol. The molecule has 0 bridgehead atoms. The number of aliphatic imine (C=N–C) groups is 1. The first kappa shape index (κ1) is 25.6. The smallest absolute Gasteiger partial charge is 0.344 e. The number of carboxylic acids is 1. The molecule has 190 valence electrons. The van der Waals surface area contributed by atoms with Crippen LogP contribution in [0.25, 0.3) is 0 Å². The number of hydrogen-bond acceptors (Lipinski definition) is 6. The van der Waals surface area contributed by atoms with E-state index >= 15 is 0 Å². The quantitative estimate of drug-likeness (QED) is 0.309. The number of halogens is 2. The molecule has 2 atom stereocenters. The van der Waals surface area contributed by atoms with Gasteiger partial charge in [-0.2, -0.15) is 0 Å². The van der Waals surface area contributed by atoms with Gasteiger partial charge in [0, 0.05) is 28.0 Å². The molecule has 0 saturated carbocycles. The summed E-state index contributed by atoms with van der Waals surface area (Å²) in [7, 11) is 0. The van der Waals surface area contributed by atoms with Crippen LogP contribution >= 0.6 is 35.0 Å². The highest BCUT2D eigenvalue weighted by atomic mass is 35.5. The molecule has 3 aromatic rings. The second-order valence-corrected chi connectivity index (χ2v) is 11.2. The van der Waals surface area contributed by atoms with Crippen LogP contribution in [0.2, 0.25) is 10.2 Å². The Morgan fingerprint density at radius 2 is 1.92 bits per heavy atom. The summed E-state index contributed by atoms with van der Waals surface area (Å²) in [5.41, 5.74) is 2.64. The summed E-state index contributed by atoms with van der Waals surface area (Å²) in [6.45, 7) is 6.37. The van der Waals surface area contributed by atoms with Crippen LogP contribution in [0.5, 0.6) is 5.75 Å². The van der Waals surface area contributed by atoms with E-state index in [1.54, 1.807) is 18.3 Å². The van der Waals surface area contributed by atoms with Crippen molar-refractivity contribution in [2.45, 2.75) is 39.0 Å². The lowest BCUT2D eigenvalue weighted by Gasteiger charge is -2.37. The number of pyridine rings is 1. The molecule has 6 nitrogen and oxygen atoms in total. The summed E-state index contributed by atoms with van der Waals surface area (Å²) >= 11 is 13.7. The summed E-state index contributed by atoms with van der Waals surface area (Å²) in [6, 6.07) is 18.7. The molecule has 0 unspecified atom stereocenters. The lowest BCUT2D eigenvalue weighted by atomic mass is 9.81. The first-order valence-corrected chi connectivity index (χ1v) is 13.4. The highest BCUT2D eigenvalue weighted by Crippen LogP contribution is 2.57. The third-order valence-electron chi connectivity index (χ3n) is 6.57. The van der Waals surface area contributed by atoms with Gasteiger partial charge in [-0.05, 0) is 48.4 Å². The second kappa shape index (κ2) is 10.0. The van der Waals surface area contributed by atoms with Crippen LogP contribution < -0.4 is 4.74 Å². The molecule has 0 saturated heterocycles. The van der Waals surface area contributed by atoms with Crippen molar-refractivity contribution in [1.82, 2.24) is 9.88 Å². The number of benzene rings is 2. The van der Waals surface area contributed by atoms with Crippen molar-refractivity contribution in [2.75, 3.05) is 0 Å². The minimum absolute atomic E-state index is 0.0551. The summed E-state index contributed by atoms with van der Waals surface area (Å²) in [4.78, 5) is 24.0. The number of carbonyl (C=O) groups is 1. The van der Waals surface area contributed by atoms with Gasteiger partial charge in [0.15, 0.2) is 5.17 Å². The van der Waals surface area contributed by atoms with Gasteiger partial charge in [-0.25, -0.2) is 14.8 Å². The Balaban J connectivity index is 1.67. The molecule has 2 aliphatic heterocycles. The molecular weight excluding hydrogens is 529 g/mol. The Labute approximate surface area is 230 Å². The van der Waals surface area contributed by atoms with Crippen molar-refractivity contribution in [2.24, 2.45) is 10.9 Å². The van der Waals surface area contributed by atoms with Gasteiger partial charge < -0.3 is 14.7 Å². The number of aliphatic carboxylic acids is 1.